The number of halogens is 1. The number of nitrogens with zero attached hydrogens (tertiary/aromatic N) is 2. The van der Waals surface area contributed by atoms with Gasteiger partial charge in [-0.2, -0.15) is 0 Å². The number of para-hydroxylation sites is 2. The van der Waals surface area contributed by atoms with Crippen molar-refractivity contribution in [2.24, 2.45) is 0 Å². The molecule has 0 aliphatic carbocycles. The van der Waals surface area contributed by atoms with Crippen molar-refractivity contribution in [3.63, 3.8) is 0 Å². The molecule has 3 aromatic carbocycles. The third-order valence-corrected chi connectivity index (χ3v) is 7.64. The second-order valence-corrected chi connectivity index (χ2v) is 11.5. The van der Waals surface area contributed by atoms with Gasteiger partial charge in [0.25, 0.3) is 0 Å². The zero-order valence-corrected chi connectivity index (χ0v) is 24.6. The third kappa shape index (κ3) is 9.04. The summed E-state index contributed by atoms with van der Waals surface area (Å²) >= 11 is 0. The standard InChI is InChI=1S/C31H38FN3O5S/c1-4-6-20-33-31(37)28(21-24-14-8-7-9-15-24)34(22-25-16-10-11-17-26(25)32)30(36)23-35(41(3,38)39)27-18-12-13-19-29(27)40-5-2/h7-19,28H,4-6,20-23H2,1-3H3,(H,33,37)/t28-/m0/s1. The topological polar surface area (TPSA) is 96.0 Å². The monoisotopic (exact) mass is 583 g/mol. The Morgan fingerprint density at radius 2 is 1.61 bits per heavy atom. The molecule has 8 nitrogen and oxygen atoms in total. The van der Waals surface area contributed by atoms with Gasteiger partial charge in [-0.15, -0.1) is 0 Å². The van der Waals surface area contributed by atoms with E-state index in [0.717, 1.165) is 29.0 Å². The molecule has 0 aromatic heterocycles. The molecule has 0 radical (unpaired) electrons. The molecule has 0 saturated heterocycles. The van der Waals surface area contributed by atoms with Gasteiger partial charge in [0, 0.05) is 25.1 Å². The van der Waals surface area contributed by atoms with Crippen molar-refractivity contribution in [3.8, 4) is 5.75 Å². The van der Waals surface area contributed by atoms with E-state index in [9.17, 15) is 22.4 Å². The first-order valence-corrected chi connectivity index (χ1v) is 15.5. The van der Waals surface area contributed by atoms with Crippen LogP contribution < -0.4 is 14.4 Å². The van der Waals surface area contributed by atoms with E-state index in [1.165, 1.54) is 11.0 Å². The van der Waals surface area contributed by atoms with Gasteiger partial charge in [0.15, 0.2) is 0 Å². The normalized spacial score (nSPS) is 11.9. The van der Waals surface area contributed by atoms with Gasteiger partial charge < -0.3 is 15.0 Å². The fourth-order valence-corrected chi connectivity index (χ4v) is 5.26. The Balaban J connectivity index is 2.07. The molecule has 0 aliphatic rings. The zero-order chi connectivity index (χ0) is 29.8. The molecule has 0 saturated carbocycles. The summed E-state index contributed by atoms with van der Waals surface area (Å²) in [5.41, 5.74) is 1.21. The Labute approximate surface area is 242 Å². The van der Waals surface area contributed by atoms with Gasteiger partial charge in [-0.05, 0) is 37.1 Å². The molecule has 3 aromatic rings. The molecule has 0 aliphatic heterocycles. The van der Waals surface area contributed by atoms with Gasteiger partial charge >= 0.3 is 0 Å². The maximum Gasteiger partial charge on any atom is 0.244 e. The molecule has 0 spiro atoms. The average molecular weight is 584 g/mol. The maximum atomic E-state index is 14.8. The minimum Gasteiger partial charge on any atom is -0.492 e. The molecule has 10 heteroatoms. The number of carbonyl (C=O) groups excluding carboxylic acids is 2. The van der Waals surface area contributed by atoms with E-state index in [1.54, 1.807) is 49.4 Å². The SMILES string of the molecule is CCCCNC(=O)[C@H](Cc1ccccc1)N(Cc1ccccc1F)C(=O)CN(c1ccccc1OCC)S(C)(=O)=O. The van der Waals surface area contributed by atoms with Crippen molar-refractivity contribution in [1.29, 1.82) is 0 Å². The van der Waals surface area contributed by atoms with Crippen molar-refractivity contribution in [1.82, 2.24) is 10.2 Å². The first-order chi connectivity index (χ1) is 19.7. The summed E-state index contributed by atoms with van der Waals surface area (Å²) in [6.45, 7) is 3.65. The van der Waals surface area contributed by atoms with Gasteiger partial charge in [-0.3, -0.25) is 13.9 Å². The van der Waals surface area contributed by atoms with Crippen LogP contribution in [0, 0.1) is 5.82 Å². The number of anilines is 1. The molecular weight excluding hydrogens is 545 g/mol. The molecule has 0 heterocycles. The van der Waals surface area contributed by atoms with E-state index in [1.807, 2.05) is 37.3 Å². The number of carbonyl (C=O) groups is 2. The van der Waals surface area contributed by atoms with Crippen LogP contribution in [0.2, 0.25) is 0 Å². The van der Waals surface area contributed by atoms with Crippen LogP contribution in [0.5, 0.6) is 5.75 Å². The van der Waals surface area contributed by atoms with Crippen molar-refractivity contribution in [2.45, 2.75) is 45.7 Å². The van der Waals surface area contributed by atoms with Gasteiger partial charge in [0.2, 0.25) is 21.8 Å². The van der Waals surface area contributed by atoms with E-state index in [4.69, 9.17) is 4.74 Å². The lowest BCUT2D eigenvalue weighted by molar-refractivity contribution is -0.140. The fourth-order valence-electron chi connectivity index (χ4n) is 4.41. The quantitative estimate of drug-likeness (QED) is 0.265. The largest absolute Gasteiger partial charge is 0.492 e. The maximum absolute atomic E-state index is 14.8. The molecule has 3 rings (SSSR count). The number of ether oxygens (including phenoxy) is 1. The molecule has 0 bridgehead atoms. The number of amides is 2. The third-order valence-electron chi connectivity index (χ3n) is 6.51. The summed E-state index contributed by atoms with van der Waals surface area (Å²) in [5, 5.41) is 2.90. The lowest BCUT2D eigenvalue weighted by Gasteiger charge is -2.33. The lowest BCUT2D eigenvalue weighted by atomic mass is 10.0. The van der Waals surface area contributed by atoms with E-state index >= 15 is 0 Å². The number of sulfonamides is 1. The van der Waals surface area contributed by atoms with Crippen LogP contribution in [0.3, 0.4) is 0 Å². The summed E-state index contributed by atoms with van der Waals surface area (Å²) in [6.07, 6.45) is 2.78. The molecule has 1 atom stereocenters. The van der Waals surface area contributed by atoms with Crippen LogP contribution in [0.4, 0.5) is 10.1 Å². The first kappa shape index (κ1) is 31.6. The van der Waals surface area contributed by atoms with Crippen molar-refractivity contribution in [3.05, 3.63) is 95.8 Å². The predicted molar refractivity (Wildman–Crippen MR) is 159 cm³/mol. The number of benzene rings is 3. The van der Waals surface area contributed by atoms with Crippen molar-refractivity contribution >= 4 is 27.5 Å². The Morgan fingerprint density at radius 3 is 2.27 bits per heavy atom. The Kier molecular flexibility index (Phi) is 11.7. The summed E-state index contributed by atoms with van der Waals surface area (Å²) in [6, 6.07) is 20.7. The Hall–Kier alpha value is -3.92. The number of rotatable bonds is 15. The van der Waals surface area contributed by atoms with Crippen LogP contribution in [0.1, 0.15) is 37.8 Å². The molecule has 0 unspecified atom stereocenters. The molecule has 2 amide bonds. The highest BCUT2D eigenvalue weighted by atomic mass is 32.2. The molecular formula is C31H38FN3O5S. The van der Waals surface area contributed by atoms with Crippen LogP contribution in [-0.4, -0.2) is 57.1 Å². The summed E-state index contributed by atoms with van der Waals surface area (Å²) < 4.78 is 47.4. The number of hydrogen-bond donors (Lipinski definition) is 1. The van der Waals surface area contributed by atoms with E-state index in [0.29, 0.717) is 18.9 Å². The number of hydrogen-bond acceptors (Lipinski definition) is 5. The highest BCUT2D eigenvalue weighted by Gasteiger charge is 2.34. The lowest BCUT2D eigenvalue weighted by Crippen LogP contribution is -2.53. The fraction of sp³-hybridized carbons (Fsp3) is 0.355. The average Bonchev–Trinajstić information content (AvgIpc) is 2.95. The summed E-state index contributed by atoms with van der Waals surface area (Å²) in [5.74, 6) is -1.28. The van der Waals surface area contributed by atoms with E-state index in [-0.39, 0.29) is 24.2 Å². The minimum absolute atomic E-state index is 0.160. The van der Waals surface area contributed by atoms with Crippen LogP contribution in [-0.2, 0) is 32.6 Å². The Morgan fingerprint density at radius 1 is 0.951 bits per heavy atom. The molecule has 1 N–H and O–H groups in total. The van der Waals surface area contributed by atoms with Crippen molar-refractivity contribution in [2.75, 3.05) is 30.3 Å². The second-order valence-electron chi connectivity index (χ2n) is 9.63. The smallest absolute Gasteiger partial charge is 0.244 e. The highest BCUT2D eigenvalue weighted by molar-refractivity contribution is 7.92. The van der Waals surface area contributed by atoms with Gasteiger partial charge in [-0.1, -0.05) is 74.0 Å². The van der Waals surface area contributed by atoms with Crippen LogP contribution >= 0.6 is 0 Å². The minimum atomic E-state index is -3.96. The van der Waals surface area contributed by atoms with Crippen LogP contribution in [0.25, 0.3) is 0 Å². The van der Waals surface area contributed by atoms with Crippen LogP contribution in [0.15, 0.2) is 78.9 Å². The second kappa shape index (κ2) is 15.2. The number of unbranched alkanes of at least 4 members (excludes halogenated alkanes) is 1. The molecule has 0 fully saturated rings. The summed E-state index contributed by atoms with van der Waals surface area (Å²) in [4.78, 5) is 29.0. The van der Waals surface area contributed by atoms with E-state index in [2.05, 4.69) is 5.32 Å². The first-order valence-electron chi connectivity index (χ1n) is 13.7. The Bertz CT molecular complexity index is 1400. The highest BCUT2D eigenvalue weighted by Crippen LogP contribution is 2.30. The van der Waals surface area contributed by atoms with E-state index < -0.39 is 40.2 Å². The molecule has 41 heavy (non-hydrogen) atoms. The van der Waals surface area contributed by atoms with Gasteiger partial charge in [0.1, 0.15) is 24.2 Å². The van der Waals surface area contributed by atoms with Gasteiger partial charge in [-0.25, -0.2) is 12.8 Å². The van der Waals surface area contributed by atoms with Crippen molar-refractivity contribution < 1.29 is 27.1 Å². The predicted octanol–water partition coefficient (Wildman–Crippen LogP) is 4.55. The number of nitrogens with one attached hydrogen (secondary N) is 1. The van der Waals surface area contributed by atoms with Gasteiger partial charge in [0.05, 0.1) is 18.6 Å². The summed E-state index contributed by atoms with van der Waals surface area (Å²) in [7, 11) is -3.96. The zero-order valence-electron chi connectivity index (χ0n) is 23.8. The molecule has 220 valence electrons.